The van der Waals surface area contributed by atoms with Gasteiger partial charge in [-0.25, -0.2) is 4.98 Å². The van der Waals surface area contributed by atoms with E-state index in [1.807, 2.05) is 31.1 Å². The number of pyridine rings is 1. The van der Waals surface area contributed by atoms with Crippen LogP contribution in [0, 0.1) is 0 Å². The molecule has 124 valence electrons. The second kappa shape index (κ2) is 7.99. The Balaban J connectivity index is 0.00000121. The molecule has 3 heterocycles. The van der Waals surface area contributed by atoms with Crippen LogP contribution in [0.4, 0.5) is 5.82 Å². The molecule has 1 aromatic heterocycles. The fourth-order valence-corrected chi connectivity index (χ4v) is 3.24. The molecule has 1 aromatic rings. The number of carbonyl (C=O) groups excluding carboxylic acids is 1. The molecule has 0 aliphatic carbocycles. The third-order valence-corrected chi connectivity index (χ3v) is 4.34. The average Bonchev–Trinajstić information content (AvgIpc) is 2.71. The summed E-state index contributed by atoms with van der Waals surface area (Å²) in [5, 5.41) is 3.42. The van der Waals surface area contributed by atoms with Gasteiger partial charge in [0.2, 0.25) is 0 Å². The quantitative estimate of drug-likeness (QED) is 0.889. The van der Waals surface area contributed by atoms with E-state index >= 15 is 0 Å². The second-order valence-corrected chi connectivity index (χ2v) is 5.89. The van der Waals surface area contributed by atoms with Crippen molar-refractivity contribution >= 4 is 36.5 Å². The lowest BCUT2D eigenvalue weighted by Crippen LogP contribution is -2.42. The van der Waals surface area contributed by atoms with Gasteiger partial charge in [0.25, 0.3) is 5.91 Å². The van der Waals surface area contributed by atoms with Crippen molar-refractivity contribution in [3.63, 3.8) is 0 Å². The zero-order valence-electron chi connectivity index (χ0n) is 13.0. The van der Waals surface area contributed by atoms with Crippen LogP contribution in [0.5, 0.6) is 0 Å². The first-order valence-corrected chi connectivity index (χ1v) is 7.33. The number of nitrogens with one attached hydrogen (secondary N) is 1. The number of nitrogens with zero attached hydrogens (tertiary/aromatic N) is 3. The minimum absolute atomic E-state index is 0. The van der Waals surface area contributed by atoms with Gasteiger partial charge in [0.1, 0.15) is 5.82 Å². The molecule has 1 amide bonds. The Labute approximate surface area is 144 Å². The van der Waals surface area contributed by atoms with Crippen molar-refractivity contribution in [2.45, 2.75) is 31.3 Å². The van der Waals surface area contributed by atoms with Crippen molar-refractivity contribution in [1.82, 2.24) is 15.2 Å². The first kappa shape index (κ1) is 19.0. The number of carbonyl (C=O) groups is 1. The van der Waals surface area contributed by atoms with E-state index in [9.17, 15) is 4.79 Å². The topological polar surface area (TPSA) is 48.5 Å². The average molecular weight is 347 g/mol. The van der Waals surface area contributed by atoms with Crippen LogP contribution in [0.3, 0.4) is 0 Å². The van der Waals surface area contributed by atoms with Crippen LogP contribution >= 0.6 is 24.8 Å². The van der Waals surface area contributed by atoms with Gasteiger partial charge in [-0.15, -0.1) is 24.8 Å². The largest absolute Gasteiger partial charge is 0.363 e. The SMILES string of the molecule is CN(C)c1ccc(C(=O)N2C3CCNCC2CC3)cn1.Cl.Cl. The van der Waals surface area contributed by atoms with Crippen molar-refractivity contribution in [3.05, 3.63) is 23.9 Å². The smallest absolute Gasteiger partial charge is 0.255 e. The maximum Gasteiger partial charge on any atom is 0.255 e. The summed E-state index contributed by atoms with van der Waals surface area (Å²) in [5.74, 6) is 1.01. The highest BCUT2D eigenvalue weighted by Crippen LogP contribution is 2.29. The van der Waals surface area contributed by atoms with E-state index in [1.54, 1.807) is 6.20 Å². The monoisotopic (exact) mass is 346 g/mol. The molecular formula is C15H24Cl2N4O. The van der Waals surface area contributed by atoms with Gasteiger partial charge in [0.05, 0.1) is 5.56 Å². The number of fused-ring (bicyclic) bond motifs is 2. The van der Waals surface area contributed by atoms with Gasteiger partial charge in [-0.1, -0.05) is 0 Å². The van der Waals surface area contributed by atoms with Crippen LogP contribution in [0.2, 0.25) is 0 Å². The van der Waals surface area contributed by atoms with Gasteiger partial charge in [0.15, 0.2) is 0 Å². The van der Waals surface area contributed by atoms with Crippen LogP contribution in [0.25, 0.3) is 0 Å². The Morgan fingerprint density at radius 1 is 1.23 bits per heavy atom. The van der Waals surface area contributed by atoms with Crippen LogP contribution in [-0.4, -0.2) is 55.1 Å². The molecule has 0 radical (unpaired) electrons. The first-order valence-electron chi connectivity index (χ1n) is 7.33. The van der Waals surface area contributed by atoms with Crippen LogP contribution in [-0.2, 0) is 0 Å². The number of anilines is 1. The number of halogens is 2. The van der Waals surface area contributed by atoms with Crippen molar-refractivity contribution in [3.8, 4) is 0 Å². The summed E-state index contributed by atoms with van der Waals surface area (Å²) >= 11 is 0. The van der Waals surface area contributed by atoms with E-state index in [2.05, 4.69) is 15.2 Å². The first-order chi connectivity index (χ1) is 9.66. The molecule has 2 fully saturated rings. The van der Waals surface area contributed by atoms with E-state index in [0.717, 1.165) is 38.2 Å². The lowest BCUT2D eigenvalue weighted by atomic mass is 10.1. The molecule has 2 aliphatic heterocycles. The lowest BCUT2D eigenvalue weighted by molar-refractivity contribution is 0.0680. The van der Waals surface area contributed by atoms with Crippen LogP contribution in [0.1, 0.15) is 29.6 Å². The fourth-order valence-electron chi connectivity index (χ4n) is 3.24. The Morgan fingerprint density at radius 3 is 2.59 bits per heavy atom. The zero-order chi connectivity index (χ0) is 14.1. The fraction of sp³-hybridized carbons (Fsp3) is 0.600. The van der Waals surface area contributed by atoms with E-state index in [-0.39, 0.29) is 30.7 Å². The molecule has 0 saturated carbocycles. The summed E-state index contributed by atoms with van der Waals surface area (Å²) in [4.78, 5) is 21.1. The van der Waals surface area contributed by atoms with Gasteiger partial charge in [-0.2, -0.15) is 0 Å². The predicted octanol–water partition coefficient (Wildman–Crippen LogP) is 1.96. The molecule has 2 atom stereocenters. The minimum atomic E-state index is 0. The van der Waals surface area contributed by atoms with E-state index < -0.39 is 0 Å². The summed E-state index contributed by atoms with van der Waals surface area (Å²) in [6.45, 7) is 1.94. The molecule has 0 aromatic carbocycles. The molecule has 7 heteroatoms. The highest BCUT2D eigenvalue weighted by atomic mass is 35.5. The van der Waals surface area contributed by atoms with Crippen molar-refractivity contribution in [1.29, 1.82) is 0 Å². The molecule has 2 bridgehead atoms. The van der Waals surface area contributed by atoms with Gasteiger partial charge < -0.3 is 15.1 Å². The van der Waals surface area contributed by atoms with Crippen molar-refractivity contribution < 1.29 is 4.79 Å². The number of hydrogen-bond acceptors (Lipinski definition) is 4. The Morgan fingerprint density at radius 2 is 1.95 bits per heavy atom. The molecule has 2 aliphatic rings. The summed E-state index contributed by atoms with van der Waals surface area (Å²) in [6, 6.07) is 4.55. The van der Waals surface area contributed by atoms with E-state index in [1.165, 1.54) is 0 Å². The third kappa shape index (κ3) is 3.65. The Bertz CT molecular complexity index is 481. The highest BCUT2D eigenvalue weighted by Gasteiger charge is 2.38. The summed E-state index contributed by atoms with van der Waals surface area (Å²) in [6.07, 6.45) is 5.02. The Hall–Kier alpha value is -1.04. The molecular weight excluding hydrogens is 323 g/mol. The summed E-state index contributed by atoms with van der Waals surface area (Å²) in [5.41, 5.74) is 0.703. The molecule has 5 nitrogen and oxygen atoms in total. The number of amides is 1. The van der Waals surface area contributed by atoms with Crippen molar-refractivity contribution in [2.24, 2.45) is 0 Å². The molecule has 2 unspecified atom stereocenters. The van der Waals surface area contributed by atoms with Gasteiger partial charge in [0, 0.05) is 38.9 Å². The molecule has 1 N–H and O–H groups in total. The standard InChI is InChI=1S/C15H22N4O.2ClH/c1-18(2)14-6-3-11(9-17-14)15(20)19-12-4-5-13(19)10-16-8-7-12;;/h3,6,9,12-13,16H,4-5,7-8,10H2,1-2H3;2*1H. The lowest BCUT2D eigenvalue weighted by Gasteiger charge is -2.28. The maximum atomic E-state index is 12.7. The third-order valence-electron chi connectivity index (χ3n) is 4.34. The maximum absolute atomic E-state index is 12.7. The number of rotatable bonds is 2. The van der Waals surface area contributed by atoms with E-state index in [0.29, 0.717) is 17.6 Å². The van der Waals surface area contributed by atoms with Gasteiger partial charge in [-0.3, -0.25) is 4.79 Å². The Kier molecular flexibility index (Phi) is 6.91. The normalized spacial score (nSPS) is 23.1. The predicted molar refractivity (Wildman–Crippen MR) is 93.5 cm³/mol. The van der Waals surface area contributed by atoms with E-state index in [4.69, 9.17) is 0 Å². The number of hydrogen-bond donors (Lipinski definition) is 1. The zero-order valence-corrected chi connectivity index (χ0v) is 14.6. The van der Waals surface area contributed by atoms with Crippen molar-refractivity contribution in [2.75, 3.05) is 32.1 Å². The van der Waals surface area contributed by atoms with Crippen LogP contribution in [0.15, 0.2) is 18.3 Å². The molecule has 2 saturated heterocycles. The molecule has 22 heavy (non-hydrogen) atoms. The van der Waals surface area contributed by atoms with Gasteiger partial charge in [-0.05, 0) is 37.9 Å². The second-order valence-electron chi connectivity index (χ2n) is 5.89. The minimum Gasteiger partial charge on any atom is -0.363 e. The molecule has 0 spiro atoms. The summed E-state index contributed by atoms with van der Waals surface area (Å²) in [7, 11) is 3.90. The van der Waals surface area contributed by atoms with Crippen LogP contribution < -0.4 is 10.2 Å². The summed E-state index contributed by atoms with van der Waals surface area (Å²) < 4.78 is 0. The number of aromatic nitrogens is 1. The van der Waals surface area contributed by atoms with Gasteiger partial charge >= 0.3 is 0 Å². The molecule has 3 rings (SSSR count). The highest BCUT2D eigenvalue weighted by molar-refractivity contribution is 5.94.